The van der Waals surface area contributed by atoms with Gasteiger partial charge in [-0.3, -0.25) is 10.1 Å². The van der Waals surface area contributed by atoms with Gasteiger partial charge in [-0.1, -0.05) is 6.92 Å². The molecule has 1 aromatic heterocycles. The second kappa shape index (κ2) is 5.47. The van der Waals surface area contributed by atoms with Crippen LogP contribution in [-0.4, -0.2) is 22.5 Å². The lowest BCUT2D eigenvalue weighted by Crippen LogP contribution is -2.33. The molecule has 6 heteroatoms. The van der Waals surface area contributed by atoms with Crippen LogP contribution >= 0.6 is 0 Å². The first-order valence-corrected chi connectivity index (χ1v) is 5.68. The van der Waals surface area contributed by atoms with E-state index in [-0.39, 0.29) is 11.7 Å². The van der Waals surface area contributed by atoms with E-state index in [1.165, 1.54) is 12.1 Å². The van der Waals surface area contributed by atoms with Crippen molar-refractivity contribution in [2.24, 2.45) is 0 Å². The molecule has 1 heterocycles. The fraction of sp³-hybridized carbons (Fsp3) is 0.545. The molecule has 2 N–H and O–H groups in total. The van der Waals surface area contributed by atoms with Crippen molar-refractivity contribution in [1.29, 1.82) is 0 Å². The van der Waals surface area contributed by atoms with E-state index in [1.807, 2.05) is 25.7 Å². The van der Waals surface area contributed by atoms with Crippen LogP contribution < -0.4 is 10.6 Å². The molecule has 1 aromatic rings. The van der Waals surface area contributed by atoms with E-state index in [0.29, 0.717) is 18.2 Å². The third kappa shape index (κ3) is 2.83. The van der Waals surface area contributed by atoms with Crippen LogP contribution in [0.4, 0.5) is 17.3 Å². The molecule has 0 spiro atoms. The van der Waals surface area contributed by atoms with Crippen LogP contribution in [0.3, 0.4) is 0 Å². The SMILES string of the molecule is CCC(C)N(CC)c1nc(N)ccc1[N+](=O)[O-]. The maximum Gasteiger partial charge on any atom is 0.311 e. The maximum absolute atomic E-state index is 11.0. The largest absolute Gasteiger partial charge is 0.384 e. The molecule has 0 aromatic carbocycles. The molecule has 94 valence electrons. The smallest absolute Gasteiger partial charge is 0.311 e. The predicted molar refractivity (Wildman–Crippen MR) is 68.1 cm³/mol. The highest BCUT2D eigenvalue weighted by Gasteiger charge is 2.23. The minimum absolute atomic E-state index is 0.00125. The van der Waals surface area contributed by atoms with Crippen molar-refractivity contribution in [3.63, 3.8) is 0 Å². The summed E-state index contributed by atoms with van der Waals surface area (Å²) in [5.41, 5.74) is 5.60. The third-order valence-corrected chi connectivity index (χ3v) is 2.81. The molecular weight excluding hydrogens is 220 g/mol. The summed E-state index contributed by atoms with van der Waals surface area (Å²) < 4.78 is 0. The lowest BCUT2D eigenvalue weighted by atomic mass is 10.2. The van der Waals surface area contributed by atoms with Crippen LogP contribution in [0.15, 0.2) is 12.1 Å². The predicted octanol–water partition coefficient (Wildman–Crippen LogP) is 2.20. The number of nitrogens with two attached hydrogens (primary N) is 1. The van der Waals surface area contributed by atoms with Gasteiger partial charge in [-0.15, -0.1) is 0 Å². The summed E-state index contributed by atoms with van der Waals surface area (Å²) in [5, 5.41) is 11.0. The van der Waals surface area contributed by atoms with Crippen LogP contribution in [0.5, 0.6) is 0 Å². The minimum Gasteiger partial charge on any atom is -0.384 e. The Balaban J connectivity index is 3.25. The van der Waals surface area contributed by atoms with Gasteiger partial charge in [0.1, 0.15) is 5.82 Å². The standard InChI is InChI=1S/C11H18N4O2/c1-4-8(3)14(5-2)11-9(15(16)17)6-7-10(12)13-11/h6-8H,4-5H2,1-3H3,(H2,12,13). The summed E-state index contributed by atoms with van der Waals surface area (Å²) >= 11 is 0. The lowest BCUT2D eigenvalue weighted by molar-refractivity contribution is -0.384. The highest BCUT2D eigenvalue weighted by molar-refractivity contribution is 5.61. The van der Waals surface area contributed by atoms with Crippen molar-refractivity contribution in [1.82, 2.24) is 4.98 Å². The van der Waals surface area contributed by atoms with Crippen LogP contribution in [0.2, 0.25) is 0 Å². The molecule has 0 aliphatic carbocycles. The number of rotatable bonds is 5. The Hall–Kier alpha value is -1.85. The van der Waals surface area contributed by atoms with Crippen LogP contribution in [0.1, 0.15) is 27.2 Å². The number of nitrogen functional groups attached to an aromatic ring is 1. The minimum atomic E-state index is -0.424. The Kier molecular flexibility index (Phi) is 4.25. The van der Waals surface area contributed by atoms with E-state index in [4.69, 9.17) is 5.73 Å². The number of nitro groups is 1. The normalized spacial score (nSPS) is 12.2. The number of pyridine rings is 1. The third-order valence-electron chi connectivity index (χ3n) is 2.81. The average molecular weight is 238 g/mol. The summed E-state index contributed by atoms with van der Waals surface area (Å²) in [6.45, 7) is 6.65. The number of anilines is 2. The van der Waals surface area contributed by atoms with Crippen LogP contribution in [0, 0.1) is 10.1 Å². The topological polar surface area (TPSA) is 85.3 Å². The van der Waals surface area contributed by atoms with Crippen LogP contribution in [-0.2, 0) is 0 Å². The van der Waals surface area contributed by atoms with E-state index in [9.17, 15) is 10.1 Å². The Morgan fingerprint density at radius 2 is 2.18 bits per heavy atom. The van der Waals surface area contributed by atoms with Gasteiger partial charge < -0.3 is 10.6 Å². The number of aromatic nitrogens is 1. The van der Waals surface area contributed by atoms with Gasteiger partial charge in [0.15, 0.2) is 0 Å². The first-order valence-electron chi connectivity index (χ1n) is 5.68. The molecule has 0 aliphatic rings. The molecule has 0 radical (unpaired) electrons. The van der Waals surface area contributed by atoms with Crippen molar-refractivity contribution in [2.45, 2.75) is 33.2 Å². The van der Waals surface area contributed by atoms with Gasteiger partial charge in [0, 0.05) is 18.7 Å². The molecule has 0 saturated heterocycles. The van der Waals surface area contributed by atoms with Crippen molar-refractivity contribution in [3.05, 3.63) is 22.2 Å². The van der Waals surface area contributed by atoms with Crippen molar-refractivity contribution in [2.75, 3.05) is 17.2 Å². The lowest BCUT2D eigenvalue weighted by Gasteiger charge is -2.27. The Bertz CT molecular complexity index is 408. The van der Waals surface area contributed by atoms with E-state index in [2.05, 4.69) is 4.98 Å². The fourth-order valence-corrected chi connectivity index (χ4v) is 1.70. The van der Waals surface area contributed by atoms with Gasteiger partial charge in [-0.05, 0) is 26.3 Å². The highest BCUT2D eigenvalue weighted by Crippen LogP contribution is 2.28. The number of nitrogens with zero attached hydrogens (tertiary/aromatic N) is 3. The van der Waals surface area contributed by atoms with Gasteiger partial charge in [-0.25, -0.2) is 4.98 Å². The Morgan fingerprint density at radius 1 is 1.53 bits per heavy atom. The highest BCUT2D eigenvalue weighted by atomic mass is 16.6. The molecule has 1 rings (SSSR count). The Morgan fingerprint density at radius 3 is 2.65 bits per heavy atom. The van der Waals surface area contributed by atoms with Gasteiger partial charge in [-0.2, -0.15) is 0 Å². The summed E-state index contributed by atoms with van der Waals surface area (Å²) in [4.78, 5) is 16.5. The zero-order chi connectivity index (χ0) is 13.0. The number of hydrogen-bond donors (Lipinski definition) is 1. The van der Waals surface area contributed by atoms with Gasteiger partial charge in [0.05, 0.1) is 4.92 Å². The van der Waals surface area contributed by atoms with E-state index in [1.54, 1.807) is 0 Å². The van der Waals surface area contributed by atoms with Gasteiger partial charge >= 0.3 is 5.69 Å². The number of hydrogen-bond acceptors (Lipinski definition) is 5. The van der Waals surface area contributed by atoms with Gasteiger partial charge in [0.25, 0.3) is 0 Å². The molecule has 0 aliphatic heterocycles. The van der Waals surface area contributed by atoms with E-state index in [0.717, 1.165) is 6.42 Å². The summed E-state index contributed by atoms with van der Waals surface area (Å²) in [6, 6.07) is 3.04. The monoisotopic (exact) mass is 238 g/mol. The quantitative estimate of drug-likeness (QED) is 0.627. The first-order chi connectivity index (χ1) is 8.01. The van der Waals surface area contributed by atoms with E-state index >= 15 is 0 Å². The molecule has 1 unspecified atom stereocenters. The molecule has 0 saturated carbocycles. The second-order valence-corrected chi connectivity index (χ2v) is 3.88. The van der Waals surface area contributed by atoms with E-state index < -0.39 is 4.92 Å². The molecular formula is C11H18N4O2. The zero-order valence-electron chi connectivity index (χ0n) is 10.4. The summed E-state index contributed by atoms with van der Waals surface area (Å²) in [6.07, 6.45) is 0.890. The second-order valence-electron chi connectivity index (χ2n) is 3.88. The average Bonchev–Trinajstić information content (AvgIpc) is 2.29. The molecule has 0 bridgehead atoms. The van der Waals surface area contributed by atoms with Crippen molar-refractivity contribution in [3.8, 4) is 0 Å². The molecule has 1 atom stereocenters. The van der Waals surface area contributed by atoms with Gasteiger partial charge in [0.2, 0.25) is 5.82 Å². The van der Waals surface area contributed by atoms with Crippen LogP contribution in [0.25, 0.3) is 0 Å². The summed E-state index contributed by atoms with van der Waals surface area (Å²) in [7, 11) is 0. The molecule has 17 heavy (non-hydrogen) atoms. The maximum atomic E-state index is 11.0. The van der Waals surface area contributed by atoms with Crippen molar-refractivity contribution < 1.29 is 4.92 Å². The fourth-order valence-electron chi connectivity index (χ4n) is 1.70. The zero-order valence-corrected chi connectivity index (χ0v) is 10.4. The molecule has 0 amide bonds. The summed E-state index contributed by atoms with van der Waals surface area (Å²) in [5.74, 6) is 0.652. The first kappa shape index (κ1) is 13.2. The van der Waals surface area contributed by atoms with Crippen molar-refractivity contribution >= 4 is 17.3 Å². The molecule has 6 nitrogen and oxygen atoms in total. The molecule has 0 fully saturated rings. The Labute approximate surface area is 101 Å².